The summed E-state index contributed by atoms with van der Waals surface area (Å²) in [5.41, 5.74) is 2.67. The zero-order valence-electron chi connectivity index (χ0n) is 17.6. The maximum atomic E-state index is 12.9. The van der Waals surface area contributed by atoms with Crippen LogP contribution in [0.2, 0.25) is 0 Å². The summed E-state index contributed by atoms with van der Waals surface area (Å²) in [6, 6.07) is 10.0. The Bertz CT molecular complexity index is 899. The Morgan fingerprint density at radius 2 is 2.17 bits per heavy atom. The lowest BCUT2D eigenvalue weighted by atomic mass is 10.1. The first-order chi connectivity index (χ1) is 14.6. The molecule has 160 valence electrons. The summed E-state index contributed by atoms with van der Waals surface area (Å²) in [6.07, 6.45) is 1.49. The number of nitrogens with zero attached hydrogens (tertiary/aromatic N) is 2. The molecule has 0 bridgehead atoms. The summed E-state index contributed by atoms with van der Waals surface area (Å²) < 4.78 is 5.69. The number of carbonyl (C=O) groups excluding carboxylic acids is 2. The number of hydrogen-bond donors (Lipinski definition) is 1. The molecule has 6 nitrogen and oxygen atoms in total. The molecule has 1 N–H and O–H groups in total. The molecule has 1 saturated heterocycles. The maximum absolute atomic E-state index is 12.9. The summed E-state index contributed by atoms with van der Waals surface area (Å²) in [6.45, 7) is 7.66. The van der Waals surface area contributed by atoms with Crippen molar-refractivity contribution in [1.82, 2.24) is 10.2 Å². The third kappa shape index (κ3) is 4.43. The van der Waals surface area contributed by atoms with Crippen molar-refractivity contribution in [3.63, 3.8) is 0 Å². The van der Waals surface area contributed by atoms with Crippen molar-refractivity contribution >= 4 is 28.8 Å². The quantitative estimate of drug-likeness (QED) is 0.769. The zero-order valence-corrected chi connectivity index (χ0v) is 18.4. The highest BCUT2D eigenvalue weighted by atomic mass is 32.1. The molecule has 2 atom stereocenters. The second-order valence-electron chi connectivity index (χ2n) is 7.91. The Kier molecular flexibility index (Phi) is 6.51. The minimum Gasteiger partial charge on any atom is -0.376 e. The van der Waals surface area contributed by atoms with Crippen LogP contribution in [0, 0.1) is 0 Å². The number of amides is 2. The number of rotatable bonds is 6. The summed E-state index contributed by atoms with van der Waals surface area (Å²) in [5.74, 6) is 0.0606. The maximum Gasteiger partial charge on any atom is 0.251 e. The van der Waals surface area contributed by atoms with Gasteiger partial charge in [-0.1, -0.05) is 13.0 Å². The molecule has 3 heterocycles. The molecule has 2 amide bonds. The van der Waals surface area contributed by atoms with Crippen molar-refractivity contribution in [3.05, 3.63) is 51.7 Å². The van der Waals surface area contributed by atoms with Crippen LogP contribution in [0.3, 0.4) is 0 Å². The van der Waals surface area contributed by atoms with Crippen LogP contribution < -0.4 is 10.2 Å². The van der Waals surface area contributed by atoms with Gasteiger partial charge in [-0.2, -0.15) is 0 Å². The predicted molar refractivity (Wildman–Crippen MR) is 119 cm³/mol. The van der Waals surface area contributed by atoms with Gasteiger partial charge in [-0.3, -0.25) is 14.5 Å². The molecule has 2 aliphatic rings. The SMILES string of the molecule is CCC(=O)N1CCc2cc(C(=O)NC[C@H](c3cccs3)N3CCO[C@H](C)C3)ccc21. The van der Waals surface area contributed by atoms with E-state index in [0.717, 1.165) is 37.4 Å². The van der Waals surface area contributed by atoms with E-state index in [2.05, 4.69) is 34.7 Å². The van der Waals surface area contributed by atoms with Crippen molar-refractivity contribution in [2.24, 2.45) is 0 Å². The van der Waals surface area contributed by atoms with E-state index in [-0.39, 0.29) is 24.0 Å². The van der Waals surface area contributed by atoms with E-state index in [1.54, 1.807) is 11.3 Å². The Hall–Kier alpha value is -2.22. The molecule has 30 heavy (non-hydrogen) atoms. The van der Waals surface area contributed by atoms with Crippen molar-refractivity contribution in [3.8, 4) is 0 Å². The highest BCUT2D eigenvalue weighted by Crippen LogP contribution is 2.30. The topological polar surface area (TPSA) is 61.9 Å². The number of morpholine rings is 1. The first kappa shape index (κ1) is 21.0. The van der Waals surface area contributed by atoms with Gasteiger partial charge in [-0.05, 0) is 48.6 Å². The normalized spacial score (nSPS) is 20.1. The van der Waals surface area contributed by atoms with Crippen LogP contribution in [0.1, 0.15) is 47.1 Å². The number of ether oxygens (including phenoxy) is 1. The Morgan fingerprint density at radius 1 is 1.30 bits per heavy atom. The fourth-order valence-corrected chi connectivity index (χ4v) is 5.16. The minimum absolute atomic E-state index is 0.0686. The molecule has 1 aromatic heterocycles. The molecule has 1 fully saturated rings. The van der Waals surface area contributed by atoms with Crippen LogP contribution in [0.25, 0.3) is 0 Å². The second-order valence-corrected chi connectivity index (χ2v) is 8.89. The molecule has 0 aliphatic carbocycles. The number of hydrogen-bond acceptors (Lipinski definition) is 5. The van der Waals surface area contributed by atoms with E-state index in [0.29, 0.717) is 25.1 Å². The third-order valence-electron chi connectivity index (χ3n) is 5.88. The lowest BCUT2D eigenvalue weighted by Gasteiger charge is -2.37. The van der Waals surface area contributed by atoms with Gasteiger partial charge >= 0.3 is 0 Å². The largest absolute Gasteiger partial charge is 0.376 e. The van der Waals surface area contributed by atoms with Crippen LogP contribution in [0.4, 0.5) is 5.69 Å². The number of carbonyl (C=O) groups is 2. The molecule has 2 aliphatic heterocycles. The number of anilines is 1. The lowest BCUT2D eigenvalue weighted by molar-refractivity contribution is -0.118. The number of thiophene rings is 1. The van der Waals surface area contributed by atoms with E-state index < -0.39 is 0 Å². The highest BCUT2D eigenvalue weighted by Gasteiger charge is 2.28. The van der Waals surface area contributed by atoms with E-state index in [4.69, 9.17) is 4.74 Å². The number of benzene rings is 1. The standard InChI is InChI=1S/C23H29N3O3S/c1-3-22(27)26-9-8-17-13-18(6-7-19(17)26)23(28)24-14-20(21-5-4-12-30-21)25-10-11-29-16(2)15-25/h4-7,12-13,16,20H,3,8-11,14-15H2,1-2H3,(H,24,28)/t16-,20-/m1/s1. The predicted octanol–water partition coefficient (Wildman–Crippen LogP) is 3.24. The van der Waals surface area contributed by atoms with Gasteiger partial charge < -0.3 is 15.0 Å². The van der Waals surface area contributed by atoms with E-state index in [1.165, 1.54) is 4.88 Å². The molecule has 4 rings (SSSR count). The number of fused-ring (bicyclic) bond motifs is 1. The van der Waals surface area contributed by atoms with Gasteiger partial charge in [0.05, 0.1) is 18.8 Å². The van der Waals surface area contributed by atoms with Crippen molar-refractivity contribution in [1.29, 1.82) is 0 Å². The molecule has 2 aromatic rings. The first-order valence-corrected chi connectivity index (χ1v) is 11.5. The van der Waals surface area contributed by atoms with E-state index >= 15 is 0 Å². The Labute approximate surface area is 181 Å². The van der Waals surface area contributed by atoms with Crippen molar-refractivity contribution in [2.45, 2.75) is 38.8 Å². The third-order valence-corrected chi connectivity index (χ3v) is 6.86. The van der Waals surface area contributed by atoms with Gasteiger partial charge in [0.2, 0.25) is 5.91 Å². The molecule has 0 spiro atoms. The zero-order chi connectivity index (χ0) is 21.1. The Balaban J connectivity index is 1.44. The van der Waals surface area contributed by atoms with Gasteiger partial charge in [0, 0.05) is 48.7 Å². The minimum atomic E-state index is -0.0686. The van der Waals surface area contributed by atoms with Crippen LogP contribution >= 0.6 is 11.3 Å². The van der Waals surface area contributed by atoms with Crippen molar-refractivity contribution in [2.75, 3.05) is 37.7 Å². The smallest absolute Gasteiger partial charge is 0.251 e. The average molecular weight is 428 g/mol. The van der Waals surface area contributed by atoms with Gasteiger partial charge in [0.25, 0.3) is 5.91 Å². The highest BCUT2D eigenvalue weighted by molar-refractivity contribution is 7.10. The number of nitrogens with one attached hydrogen (secondary N) is 1. The van der Waals surface area contributed by atoms with Crippen LogP contribution in [0.15, 0.2) is 35.7 Å². The monoisotopic (exact) mass is 427 g/mol. The molecular weight excluding hydrogens is 398 g/mol. The van der Waals surface area contributed by atoms with Gasteiger partial charge in [-0.15, -0.1) is 11.3 Å². The molecule has 7 heteroatoms. The van der Waals surface area contributed by atoms with Gasteiger partial charge in [0.1, 0.15) is 0 Å². The van der Waals surface area contributed by atoms with Crippen LogP contribution in [-0.2, 0) is 16.0 Å². The molecule has 0 unspecified atom stereocenters. The summed E-state index contributed by atoms with van der Waals surface area (Å²) >= 11 is 1.72. The molecule has 0 saturated carbocycles. The molecule has 1 aromatic carbocycles. The molecular formula is C23H29N3O3S. The van der Waals surface area contributed by atoms with Gasteiger partial charge in [0.15, 0.2) is 0 Å². The van der Waals surface area contributed by atoms with Crippen LogP contribution in [-0.4, -0.2) is 55.6 Å². The molecule has 0 radical (unpaired) electrons. The summed E-state index contributed by atoms with van der Waals surface area (Å²) in [7, 11) is 0. The fraction of sp³-hybridized carbons (Fsp3) is 0.478. The summed E-state index contributed by atoms with van der Waals surface area (Å²) in [4.78, 5) is 30.5. The van der Waals surface area contributed by atoms with Crippen molar-refractivity contribution < 1.29 is 14.3 Å². The van der Waals surface area contributed by atoms with Gasteiger partial charge in [-0.25, -0.2) is 0 Å². The van der Waals surface area contributed by atoms with E-state index in [9.17, 15) is 9.59 Å². The fourth-order valence-electron chi connectivity index (χ4n) is 4.30. The second kappa shape index (κ2) is 9.29. The van der Waals surface area contributed by atoms with Crippen LogP contribution in [0.5, 0.6) is 0 Å². The average Bonchev–Trinajstić information content (AvgIpc) is 3.43. The van der Waals surface area contributed by atoms with E-state index in [1.807, 2.05) is 30.0 Å². The first-order valence-electron chi connectivity index (χ1n) is 10.7. The summed E-state index contributed by atoms with van der Waals surface area (Å²) in [5, 5.41) is 5.22. The lowest BCUT2D eigenvalue weighted by Crippen LogP contribution is -2.46. The Morgan fingerprint density at radius 3 is 2.90 bits per heavy atom.